The molecule has 4 nitrogen and oxygen atoms in total. The molecule has 0 atom stereocenters. The minimum absolute atomic E-state index is 0.105. The van der Waals surface area contributed by atoms with E-state index in [1.54, 1.807) is 30.3 Å². The molecule has 0 radical (unpaired) electrons. The molecule has 0 bridgehead atoms. The third-order valence-electron chi connectivity index (χ3n) is 3.03. The lowest BCUT2D eigenvalue weighted by atomic mass is 10.3. The maximum atomic E-state index is 11.8. The molecule has 100 valence electrons. The van der Waals surface area contributed by atoms with Gasteiger partial charge in [-0.3, -0.25) is 4.90 Å². The van der Waals surface area contributed by atoms with Crippen LogP contribution in [0.5, 0.6) is 0 Å². The number of rotatable bonds is 2. The first kappa shape index (κ1) is 13.6. The monoisotopic (exact) mass is 287 g/mol. The van der Waals surface area contributed by atoms with Crippen LogP contribution in [0.4, 0.5) is 4.79 Å². The van der Waals surface area contributed by atoms with Crippen LogP contribution in [0.3, 0.4) is 0 Å². The van der Waals surface area contributed by atoms with Crippen molar-refractivity contribution < 1.29 is 4.79 Å². The summed E-state index contributed by atoms with van der Waals surface area (Å²) in [5.74, 6) is 0. The number of nitrogens with zero attached hydrogens (tertiary/aromatic N) is 3. The van der Waals surface area contributed by atoms with E-state index in [0.717, 1.165) is 37.1 Å². The highest BCUT2D eigenvalue weighted by atomic mass is 35.5. The SMILES string of the molecule is CN(C)C(=O)N1CCN(Cc2ccc(Cl)s2)CC1. The van der Waals surface area contributed by atoms with E-state index < -0.39 is 0 Å². The highest BCUT2D eigenvalue weighted by Gasteiger charge is 2.22. The van der Waals surface area contributed by atoms with Crippen LogP contribution in [0.1, 0.15) is 4.88 Å². The van der Waals surface area contributed by atoms with Gasteiger partial charge in [0, 0.05) is 51.7 Å². The number of thiophene rings is 1. The largest absolute Gasteiger partial charge is 0.331 e. The molecule has 0 N–H and O–H groups in total. The molecule has 0 saturated carbocycles. The molecule has 2 amide bonds. The molecule has 2 heterocycles. The molecule has 0 spiro atoms. The Bertz CT molecular complexity index is 413. The maximum Gasteiger partial charge on any atom is 0.319 e. The van der Waals surface area contributed by atoms with Crippen molar-refractivity contribution in [1.82, 2.24) is 14.7 Å². The van der Waals surface area contributed by atoms with Crippen molar-refractivity contribution in [2.24, 2.45) is 0 Å². The van der Waals surface area contributed by atoms with E-state index >= 15 is 0 Å². The lowest BCUT2D eigenvalue weighted by Crippen LogP contribution is -2.51. The second kappa shape index (κ2) is 5.91. The summed E-state index contributed by atoms with van der Waals surface area (Å²) < 4.78 is 0.839. The molecule has 18 heavy (non-hydrogen) atoms. The van der Waals surface area contributed by atoms with Gasteiger partial charge in [-0.1, -0.05) is 11.6 Å². The molecule has 1 aromatic rings. The average Bonchev–Trinajstić information content (AvgIpc) is 2.75. The van der Waals surface area contributed by atoms with Crippen molar-refractivity contribution in [2.75, 3.05) is 40.3 Å². The summed E-state index contributed by atoms with van der Waals surface area (Å²) in [6, 6.07) is 4.12. The van der Waals surface area contributed by atoms with Crippen LogP contribution in [0.25, 0.3) is 0 Å². The smallest absolute Gasteiger partial charge is 0.319 e. The third kappa shape index (κ3) is 3.37. The highest BCUT2D eigenvalue weighted by Crippen LogP contribution is 2.23. The van der Waals surface area contributed by atoms with Crippen LogP contribution >= 0.6 is 22.9 Å². The van der Waals surface area contributed by atoms with E-state index in [1.165, 1.54) is 4.88 Å². The van der Waals surface area contributed by atoms with Gasteiger partial charge in [-0.25, -0.2) is 4.79 Å². The van der Waals surface area contributed by atoms with E-state index in [-0.39, 0.29) is 6.03 Å². The van der Waals surface area contributed by atoms with Crippen molar-refractivity contribution in [3.63, 3.8) is 0 Å². The zero-order chi connectivity index (χ0) is 13.1. The number of amides is 2. The number of urea groups is 1. The highest BCUT2D eigenvalue weighted by molar-refractivity contribution is 7.16. The van der Waals surface area contributed by atoms with Crippen molar-refractivity contribution in [2.45, 2.75) is 6.54 Å². The van der Waals surface area contributed by atoms with Gasteiger partial charge in [0.25, 0.3) is 0 Å². The minimum atomic E-state index is 0.105. The number of piperazine rings is 1. The van der Waals surface area contributed by atoms with Gasteiger partial charge < -0.3 is 9.80 Å². The summed E-state index contributed by atoms with van der Waals surface area (Å²) in [6.07, 6.45) is 0. The van der Waals surface area contributed by atoms with E-state index in [4.69, 9.17) is 11.6 Å². The van der Waals surface area contributed by atoms with Crippen LogP contribution in [0.15, 0.2) is 12.1 Å². The van der Waals surface area contributed by atoms with E-state index in [0.29, 0.717) is 0 Å². The summed E-state index contributed by atoms with van der Waals surface area (Å²) in [6.45, 7) is 4.39. The Morgan fingerprint density at radius 1 is 1.33 bits per heavy atom. The molecule has 1 aliphatic heterocycles. The molecule has 1 fully saturated rings. The number of carbonyl (C=O) groups excluding carboxylic acids is 1. The summed E-state index contributed by atoms with van der Waals surface area (Å²) >= 11 is 7.55. The number of hydrogen-bond acceptors (Lipinski definition) is 3. The van der Waals surface area contributed by atoms with Gasteiger partial charge in [-0.05, 0) is 12.1 Å². The fourth-order valence-corrected chi connectivity index (χ4v) is 3.17. The van der Waals surface area contributed by atoms with Gasteiger partial charge in [-0.15, -0.1) is 11.3 Å². The first-order chi connectivity index (χ1) is 8.56. The van der Waals surface area contributed by atoms with Gasteiger partial charge in [0.15, 0.2) is 0 Å². The molecule has 0 unspecified atom stereocenters. The molecule has 1 saturated heterocycles. The summed E-state index contributed by atoms with van der Waals surface area (Å²) in [5.41, 5.74) is 0. The predicted octanol–water partition coefficient (Wildman–Crippen LogP) is 2.20. The molecule has 0 aromatic carbocycles. The molecular formula is C12H18ClN3OS. The van der Waals surface area contributed by atoms with Crippen molar-refractivity contribution in [3.8, 4) is 0 Å². The molecule has 2 rings (SSSR count). The summed E-state index contributed by atoms with van der Waals surface area (Å²) in [5, 5.41) is 0. The van der Waals surface area contributed by atoms with Crippen LogP contribution in [0.2, 0.25) is 4.34 Å². The van der Waals surface area contributed by atoms with E-state index in [2.05, 4.69) is 11.0 Å². The Hall–Kier alpha value is -0.780. The van der Waals surface area contributed by atoms with Gasteiger partial charge in [-0.2, -0.15) is 0 Å². The zero-order valence-corrected chi connectivity index (χ0v) is 12.3. The van der Waals surface area contributed by atoms with Crippen LogP contribution in [-0.2, 0) is 6.54 Å². The third-order valence-corrected chi connectivity index (χ3v) is 4.25. The summed E-state index contributed by atoms with van der Waals surface area (Å²) in [4.78, 5) is 19.0. The van der Waals surface area contributed by atoms with E-state index in [1.807, 2.05) is 11.0 Å². The molecule has 6 heteroatoms. The predicted molar refractivity (Wildman–Crippen MR) is 75.3 cm³/mol. The first-order valence-electron chi connectivity index (χ1n) is 5.99. The molecule has 1 aliphatic rings. The van der Waals surface area contributed by atoms with Crippen LogP contribution in [0, 0.1) is 0 Å². The maximum absolute atomic E-state index is 11.8. The standard InChI is InChI=1S/C12H18ClN3OS/c1-14(2)12(17)16-7-5-15(6-8-16)9-10-3-4-11(13)18-10/h3-4H,5-9H2,1-2H3. The Kier molecular flexibility index (Phi) is 4.48. The van der Waals surface area contributed by atoms with Crippen LogP contribution in [-0.4, -0.2) is 61.0 Å². The van der Waals surface area contributed by atoms with Gasteiger partial charge in [0.1, 0.15) is 0 Å². The normalized spacial score (nSPS) is 16.9. The summed E-state index contributed by atoms with van der Waals surface area (Å²) in [7, 11) is 3.59. The second-order valence-corrected chi connectivity index (χ2v) is 6.45. The fraction of sp³-hybridized carbons (Fsp3) is 0.583. The molecule has 1 aromatic heterocycles. The topological polar surface area (TPSA) is 26.8 Å². The first-order valence-corrected chi connectivity index (χ1v) is 7.18. The second-order valence-electron chi connectivity index (χ2n) is 4.65. The van der Waals surface area contributed by atoms with Crippen molar-refractivity contribution in [1.29, 1.82) is 0 Å². The minimum Gasteiger partial charge on any atom is -0.331 e. The Labute approximate surface area is 117 Å². The Morgan fingerprint density at radius 2 is 2.00 bits per heavy atom. The number of halogens is 1. The fourth-order valence-electron chi connectivity index (χ4n) is 2.04. The van der Waals surface area contributed by atoms with Crippen LogP contribution < -0.4 is 0 Å². The number of hydrogen-bond donors (Lipinski definition) is 0. The Balaban J connectivity index is 1.82. The average molecular weight is 288 g/mol. The lowest BCUT2D eigenvalue weighted by molar-refractivity contribution is 0.120. The number of carbonyl (C=O) groups is 1. The quantitative estimate of drug-likeness (QED) is 0.834. The van der Waals surface area contributed by atoms with E-state index in [9.17, 15) is 4.79 Å². The Morgan fingerprint density at radius 3 is 2.50 bits per heavy atom. The van der Waals surface area contributed by atoms with Crippen molar-refractivity contribution in [3.05, 3.63) is 21.3 Å². The molecule has 0 aliphatic carbocycles. The van der Waals surface area contributed by atoms with Gasteiger partial charge in [0.2, 0.25) is 0 Å². The van der Waals surface area contributed by atoms with Gasteiger partial charge in [0.05, 0.1) is 4.34 Å². The zero-order valence-electron chi connectivity index (χ0n) is 10.7. The van der Waals surface area contributed by atoms with Gasteiger partial charge >= 0.3 is 6.03 Å². The molecular weight excluding hydrogens is 270 g/mol. The van der Waals surface area contributed by atoms with Crippen molar-refractivity contribution >= 4 is 29.0 Å². The lowest BCUT2D eigenvalue weighted by Gasteiger charge is -2.35.